The number of nitrogens with zero attached hydrogens (tertiary/aromatic N) is 1. The summed E-state index contributed by atoms with van der Waals surface area (Å²) >= 11 is 3.26. The molecule has 1 atom stereocenters. The van der Waals surface area contributed by atoms with Crippen molar-refractivity contribution in [2.75, 3.05) is 26.2 Å². The van der Waals surface area contributed by atoms with E-state index in [1.54, 1.807) is 18.2 Å². The summed E-state index contributed by atoms with van der Waals surface area (Å²) in [4.78, 5) is 1.49. The molecule has 1 aliphatic rings. The molecule has 1 saturated heterocycles. The summed E-state index contributed by atoms with van der Waals surface area (Å²) in [5.41, 5.74) is 1.23. The molecule has 0 unspecified atom stereocenters. The molecule has 0 saturated carbocycles. The first-order valence-electron chi connectivity index (χ1n) is 6.17. The summed E-state index contributed by atoms with van der Waals surface area (Å²) in [7, 11) is 0. The highest BCUT2D eigenvalue weighted by Crippen LogP contribution is 2.40. The van der Waals surface area contributed by atoms with Crippen molar-refractivity contribution in [3.63, 3.8) is 0 Å². The Morgan fingerprint density at radius 1 is 1.25 bits per heavy atom. The normalized spacial score (nSPS) is 18.4. The average molecular weight is 374 g/mol. The van der Waals surface area contributed by atoms with Gasteiger partial charge >= 0.3 is 6.18 Å². The maximum atomic E-state index is 13.4. The van der Waals surface area contributed by atoms with Crippen molar-refractivity contribution in [1.82, 2.24) is 10.2 Å². The molecule has 1 aromatic carbocycles. The number of hydrogen-bond donors (Lipinski definition) is 1. The molecule has 1 N–H and O–H groups in total. The van der Waals surface area contributed by atoms with E-state index in [-0.39, 0.29) is 12.4 Å². The molecule has 0 aromatic heterocycles. The monoisotopic (exact) mass is 372 g/mol. The van der Waals surface area contributed by atoms with Crippen molar-refractivity contribution in [2.45, 2.75) is 19.1 Å². The number of benzene rings is 1. The molecule has 2 nitrogen and oxygen atoms in total. The Morgan fingerprint density at radius 2 is 1.85 bits per heavy atom. The summed E-state index contributed by atoms with van der Waals surface area (Å²) in [5, 5.41) is 3.08. The lowest BCUT2D eigenvalue weighted by Crippen LogP contribution is -2.49. The maximum Gasteiger partial charge on any atom is 0.408 e. The molecular formula is C13H17BrClF3N2. The van der Waals surface area contributed by atoms with E-state index < -0.39 is 12.2 Å². The topological polar surface area (TPSA) is 15.3 Å². The molecule has 0 radical (unpaired) electrons. The molecule has 1 heterocycles. The highest BCUT2D eigenvalue weighted by molar-refractivity contribution is 9.10. The Labute approximate surface area is 131 Å². The summed E-state index contributed by atoms with van der Waals surface area (Å²) in [6, 6.07) is 3.49. The number of nitrogens with one attached hydrogen (secondary N) is 1. The molecule has 2 rings (SSSR count). The van der Waals surface area contributed by atoms with Crippen molar-refractivity contribution < 1.29 is 13.2 Å². The van der Waals surface area contributed by atoms with Gasteiger partial charge < -0.3 is 5.32 Å². The number of hydrogen-bond acceptors (Lipinski definition) is 2. The number of halogens is 5. The van der Waals surface area contributed by atoms with Crippen molar-refractivity contribution in [3.8, 4) is 0 Å². The Kier molecular flexibility index (Phi) is 6.31. The number of piperazine rings is 1. The van der Waals surface area contributed by atoms with Gasteiger partial charge in [0.05, 0.1) is 0 Å². The highest BCUT2D eigenvalue weighted by atomic mass is 79.9. The summed E-state index contributed by atoms with van der Waals surface area (Å²) in [6.45, 7) is 3.86. The van der Waals surface area contributed by atoms with Crippen LogP contribution >= 0.6 is 28.3 Å². The van der Waals surface area contributed by atoms with Crippen molar-refractivity contribution >= 4 is 28.3 Å². The minimum atomic E-state index is -4.27. The van der Waals surface area contributed by atoms with E-state index in [1.807, 2.05) is 6.92 Å². The van der Waals surface area contributed by atoms with Gasteiger partial charge in [-0.15, -0.1) is 12.4 Å². The molecule has 1 aromatic rings. The maximum absolute atomic E-state index is 13.4. The van der Waals surface area contributed by atoms with Gasteiger partial charge in [0, 0.05) is 30.7 Å². The van der Waals surface area contributed by atoms with Crippen LogP contribution in [0.15, 0.2) is 22.7 Å². The molecule has 0 spiro atoms. The van der Waals surface area contributed by atoms with Gasteiger partial charge in [0.1, 0.15) is 6.04 Å². The fourth-order valence-electron chi connectivity index (χ4n) is 2.37. The van der Waals surface area contributed by atoms with Crippen molar-refractivity contribution in [1.29, 1.82) is 0 Å². The first-order chi connectivity index (χ1) is 8.89. The fraction of sp³-hybridized carbons (Fsp3) is 0.538. The van der Waals surface area contributed by atoms with Gasteiger partial charge in [-0.25, -0.2) is 0 Å². The molecule has 7 heteroatoms. The van der Waals surface area contributed by atoms with Crippen LogP contribution < -0.4 is 5.32 Å². The zero-order chi connectivity index (χ0) is 14.0. The zero-order valence-electron chi connectivity index (χ0n) is 11.0. The van der Waals surface area contributed by atoms with Gasteiger partial charge in [-0.2, -0.15) is 13.2 Å². The standard InChI is InChI=1S/C13H16BrF3N2.ClH/c1-9-2-3-10(11(14)8-9)12(13(15,16)17)19-6-4-18-5-7-19;/h2-3,8,12,18H,4-7H2,1H3;1H/t12-;/m1./s1. The van der Waals surface area contributed by atoms with Crippen LogP contribution in [0.25, 0.3) is 0 Å². The Hall–Kier alpha value is -0.300. The first-order valence-corrected chi connectivity index (χ1v) is 6.96. The van der Waals surface area contributed by atoms with Gasteiger partial charge in [0.2, 0.25) is 0 Å². The smallest absolute Gasteiger partial charge is 0.314 e. The van der Waals surface area contributed by atoms with E-state index in [9.17, 15) is 13.2 Å². The lowest BCUT2D eigenvalue weighted by Gasteiger charge is -2.36. The third kappa shape index (κ3) is 4.10. The highest BCUT2D eigenvalue weighted by Gasteiger charge is 2.45. The number of aryl methyl sites for hydroxylation is 1. The van der Waals surface area contributed by atoms with E-state index in [4.69, 9.17) is 0 Å². The van der Waals surface area contributed by atoms with Crippen LogP contribution in [0.2, 0.25) is 0 Å². The van der Waals surface area contributed by atoms with Gasteiger partial charge in [-0.05, 0) is 24.1 Å². The molecule has 1 fully saturated rings. The predicted octanol–water partition coefficient (Wildman–Crippen LogP) is 3.69. The molecule has 114 valence electrons. The molecule has 1 aliphatic heterocycles. The Bertz CT molecular complexity index is 448. The third-order valence-corrected chi connectivity index (χ3v) is 3.96. The summed E-state index contributed by atoms with van der Waals surface area (Å²) in [6.07, 6.45) is -4.27. The average Bonchev–Trinajstić information content (AvgIpc) is 2.32. The van der Waals surface area contributed by atoms with Gasteiger partial charge in [-0.3, -0.25) is 4.90 Å². The largest absolute Gasteiger partial charge is 0.408 e. The Balaban J connectivity index is 0.00000200. The first kappa shape index (κ1) is 17.8. The summed E-state index contributed by atoms with van der Waals surface area (Å²) < 4.78 is 40.7. The number of rotatable bonds is 2. The van der Waals surface area contributed by atoms with Crippen LogP contribution in [0.5, 0.6) is 0 Å². The van der Waals surface area contributed by atoms with E-state index in [2.05, 4.69) is 21.2 Å². The SMILES string of the molecule is Cc1ccc([C@@H](N2CCNCC2)C(F)(F)F)c(Br)c1.Cl. The molecule has 0 bridgehead atoms. The number of alkyl halides is 3. The molecular weight excluding hydrogens is 357 g/mol. The zero-order valence-corrected chi connectivity index (χ0v) is 13.4. The fourth-order valence-corrected chi connectivity index (χ4v) is 3.08. The van der Waals surface area contributed by atoms with Gasteiger partial charge in [0.25, 0.3) is 0 Å². The third-order valence-electron chi connectivity index (χ3n) is 3.28. The van der Waals surface area contributed by atoms with Crippen molar-refractivity contribution in [3.05, 3.63) is 33.8 Å². The minimum Gasteiger partial charge on any atom is -0.314 e. The van der Waals surface area contributed by atoms with Crippen LogP contribution in [-0.2, 0) is 0 Å². The molecule has 0 aliphatic carbocycles. The van der Waals surface area contributed by atoms with Crippen LogP contribution in [-0.4, -0.2) is 37.3 Å². The van der Waals surface area contributed by atoms with E-state index in [0.717, 1.165) is 5.56 Å². The van der Waals surface area contributed by atoms with Crippen LogP contribution in [0.3, 0.4) is 0 Å². The van der Waals surface area contributed by atoms with Gasteiger partial charge in [-0.1, -0.05) is 28.1 Å². The van der Waals surface area contributed by atoms with Crippen LogP contribution in [0, 0.1) is 6.92 Å². The lowest BCUT2D eigenvalue weighted by atomic mass is 10.0. The second-order valence-corrected chi connectivity index (χ2v) is 5.61. The molecule has 0 amide bonds. The van der Waals surface area contributed by atoms with Crippen LogP contribution in [0.1, 0.15) is 17.2 Å². The quantitative estimate of drug-likeness (QED) is 0.850. The van der Waals surface area contributed by atoms with Gasteiger partial charge in [0.15, 0.2) is 0 Å². The van der Waals surface area contributed by atoms with E-state index in [0.29, 0.717) is 36.2 Å². The second kappa shape index (κ2) is 7.11. The predicted molar refractivity (Wildman–Crippen MR) is 79.4 cm³/mol. The van der Waals surface area contributed by atoms with E-state index in [1.165, 1.54) is 4.90 Å². The lowest BCUT2D eigenvalue weighted by molar-refractivity contribution is -0.188. The summed E-state index contributed by atoms with van der Waals surface area (Å²) in [5.74, 6) is 0. The van der Waals surface area contributed by atoms with E-state index >= 15 is 0 Å². The molecule has 20 heavy (non-hydrogen) atoms. The minimum absolute atomic E-state index is 0. The second-order valence-electron chi connectivity index (χ2n) is 4.76. The Morgan fingerprint density at radius 3 is 2.35 bits per heavy atom. The van der Waals surface area contributed by atoms with Crippen LogP contribution in [0.4, 0.5) is 13.2 Å². The van der Waals surface area contributed by atoms with Crippen molar-refractivity contribution in [2.24, 2.45) is 0 Å².